The molecule has 3 heterocycles. The van der Waals surface area contributed by atoms with Crippen molar-refractivity contribution in [3.63, 3.8) is 0 Å². The van der Waals surface area contributed by atoms with Crippen molar-refractivity contribution in [3.8, 4) is 11.3 Å². The van der Waals surface area contributed by atoms with Crippen LogP contribution in [-0.4, -0.2) is 66.9 Å². The topological polar surface area (TPSA) is 39.9 Å². The maximum Gasteiger partial charge on any atom is 0.222 e. The van der Waals surface area contributed by atoms with E-state index in [9.17, 15) is 4.79 Å². The Balaban J connectivity index is 1.26. The van der Waals surface area contributed by atoms with Gasteiger partial charge in [0.1, 0.15) is 11.5 Å². The molecule has 0 saturated carbocycles. The molecular formula is C27H39N3O2. The molecule has 1 amide bonds. The fourth-order valence-electron chi connectivity index (χ4n) is 5.29. The smallest absolute Gasteiger partial charge is 0.222 e. The Labute approximate surface area is 193 Å². The Morgan fingerprint density at radius 3 is 2.69 bits per heavy atom. The van der Waals surface area contributed by atoms with Crippen LogP contribution in [0.4, 0.5) is 0 Å². The monoisotopic (exact) mass is 437 g/mol. The van der Waals surface area contributed by atoms with E-state index in [1.807, 2.05) is 31.0 Å². The predicted molar refractivity (Wildman–Crippen MR) is 129 cm³/mol. The Morgan fingerprint density at radius 2 is 1.94 bits per heavy atom. The van der Waals surface area contributed by atoms with Crippen LogP contribution in [-0.2, 0) is 11.3 Å². The second-order valence-corrected chi connectivity index (χ2v) is 9.93. The molecular weight excluding hydrogens is 398 g/mol. The zero-order valence-corrected chi connectivity index (χ0v) is 20.1. The van der Waals surface area contributed by atoms with Gasteiger partial charge in [-0.3, -0.25) is 9.69 Å². The van der Waals surface area contributed by atoms with Gasteiger partial charge in [0.2, 0.25) is 5.91 Å². The van der Waals surface area contributed by atoms with Crippen molar-refractivity contribution >= 4 is 5.91 Å². The van der Waals surface area contributed by atoms with Gasteiger partial charge in [-0.25, -0.2) is 0 Å². The molecule has 32 heavy (non-hydrogen) atoms. The minimum absolute atomic E-state index is 0.332. The largest absolute Gasteiger partial charge is 0.461 e. The third-order valence-electron chi connectivity index (χ3n) is 7.36. The zero-order chi connectivity index (χ0) is 22.5. The summed E-state index contributed by atoms with van der Waals surface area (Å²) < 4.78 is 5.80. The van der Waals surface area contributed by atoms with Crippen molar-refractivity contribution in [1.29, 1.82) is 0 Å². The second-order valence-electron chi connectivity index (χ2n) is 9.93. The van der Waals surface area contributed by atoms with Crippen molar-refractivity contribution < 1.29 is 9.21 Å². The van der Waals surface area contributed by atoms with Crippen LogP contribution in [0, 0.1) is 12.8 Å². The normalized spacial score (nSPS) is 21.0. The highest BCUT2D eigenvalue weighted by atomic mass is 16.3. The standard InChI is InChI=1S/C27H39N3O2/c1-21-9-11-26(32-21)24-8-4-6-23(18-24)20-30-15-5-7-22(19-30)10-12-27(31)29(3)25-13-16-28(2)17-14-25/h4,6,8-9,11,18,22,25H,5,7,10,12-17,19-20H2,1-3H3/t22-/m1/s1. The van der Waals surface area contributed by atoms with Gasteiger partial charge in [0, 0.05) is 38.2 Å². The first-order chi connectivity index (χ1) is 15.5. The molecule has 5 heteroatoms. The number of amides is 1. The van der Waals surface area contributed by atoms with E-state index < -0.39 is 0 Å². The fraction of sp³-hybridized carbons (Fsp3) is 0.593. The molecule has 0 bridgehead atoms. The maximum atomic E-state index is 12.8. The summed E-state index contributed by atoms with van der Waals surface area (Å²) in [5, 5.41) is 0. The van der Waals surface area contributed by atoms with Crippen LogP contribution in [0.1, 0.15) is 49.8 Å². The minimum atomic E-state index is 0.332. The van der Waals surface area contributed by atoms with E-state index in [0.29, 0.717) is 24.3 Å². The zero-order valence-electron chi connectivity index (χ0n) is 20.1. The van der Waals surface area contributed by atoms with Gasteiger partial charge in [0.25, 0.3) is 0 Å². The van der Waals surface area contributed by atoms with E-state index in [2.05, 4.69) is 41.1 Å². The number of piperidine rings is 2. The van der Waals surface area contributed by atoms with Crippen LogP contribution in [0.25, 0.3) is 11.3 Å². The number of aryl methyl sites for hydroxylation is 1. The summed E-state index contributed by atoms with van der Waals surface area (Å²) in [6.07, 6.45) is 6.38. The molecule has 1 aromatic carbocycles. The molecule has 174 valence electrons. The molecule has 1 aromatic heterocycles. The number of hydrogen-bond acceptors (Lipinski definition) is 4. The van der Waals surface area contributed by atoms with E-state index in [4.69, 9.17) is 4.42 Å². The minimum Gasteiger partial charge on any atom is -0.461 e. The second kappa shape index (κ2) is 10.7. The Kier molecular flexibility index (Phi) is 7.69. The van der Waals surface area contributed by atoms with Crippen molar-refractivity contribution in [1.82, 2.24) is 14.7 Å². The van der Waals surface area contributed by atoms with E-state index in [0.717, 1.165) is 69.1 Å². The molecule has 4 rings (SSSR count). The predicted octanol–water partition coefficient (Wildman–Crippen LogP) is 4.80. The number of carbonyl (C=O) groups excluding carboxylic acids is 1. The van der Waals surface area contributed by atoms with Crippen LogP contribution < -0.4 is 0 Å². The Hall–Kier alpha value is -2.11. The molecule has 0 spiro atoms. The van der Waals surface area contributed by atoms with Gasteiger partial charge in [-0.05, 0) is 95.4 Å². The quantitative estimate of drug-likeness (QED) is 0.624. The number of nitrogens with zero attached hydrogens (tertiary/aromatic N) is 3. The van der Waals surface area contributed by atoms with Crippen molar-refractivity contribution in [2.45, 2.75) is 58.0 Å². The lowest BCUT2D eigenvalue weighted by atomic mass is 9.92. The number of carbonyl (C=O) groups is 1. The van der Waals surface area contributed by atoms with Crippen LogP contribution in [0.15, 0.2) is 40.8 Å². The lowest BCUT2D eigenvalue weighted by Gasteiger charge is -2.36. The van der Waals surface area contributed by atoms with Gasteiger partial charge in [0.05, 0.1) is 0 Å². The number of benzene rings is 1. The van der Waals surface area contributed by atoms with Gasteiger partial charge in [-0.1, -0.05) is 18.2 Å². The molecule has 5 nitrogen and oxygen atoms in total. The summed E-state index contributed by atoms with van der Waals surface area (Å²) in [4.78, 5) is 19.8. The summed E-state index contributed by atoms with van der Waals surface area (Å²) in [5.74, 6) is 2.83. The summed E-state index contributed by atoms with van der Waals surface area (Å²) >= 11 is 0. The highest BCUT2D eigenvalue weighted by Crippen LogP contribution is 2.26. The molecule has 2 saturated heterocycles. The van der Waals surface area contributed by atoms with Crippen LogP contribution in [0.5, 0.6) is 0 Å². The van der Waals surface area contributed by atoms with Crippen molar-refractivity contribution in [2.75, 3.05) is 40.3 Å². The van der Waals surface area contributed by atoms with Gasteiger partial charge in [-0.2, -0.15) is 0 Å². The van der Waals surface area contributed by atoms with E-state index >= 15 is 0 Å². The highest BCUT2D eigenvalue weighted by molar-refractivity contribution is 5.76. The summed E-state index contributed by atoms with van der Waals surface area (Å²) in [5.41, 5.74) is 2.47. The number of furan rings is 1. The lowest BCUT2D eigenvalue weighted by Crippen LogP contribution is -2.44. The first-order valence-corrected chi connectivity index (χ1v) is 12.3. The fourth-order valence-corrected chi connectivity index (χ4v) is 5.29. The summed E-state index contributed by atoms with van der Waals surface area (Å²) in [6.45, 7) is 7.38. The average molecular weight is 438 g/mol. The molecule has 1 atom stereocenters. The molecule has 0 aliphatic carbocycles. The first kappa shape index (κ1) is 23.1. The SMILES string of the molecule is Cc1ccc(-c2cccc(CN3CCC[C@H](CCC(=O)N(C)C4CCN(C)CC4)C3)c2)o1. The molecule has 2 aliphatic heterocycles. The van der Waals surface area contributed by atoms with Crippen molar-refractivity contribution in [2.24, 2.45) is 5.92 Å². The number of rotatable bonds is 7. The highest BCUT2D eigenvalue weighted by Gasteiger charge is 2.26. The Bertz CT molecular complexity index is 885. The van der Waals surface area contributed by atoms with Crippen LogP contribution >= 0.6 is 0 Å². The third kappa shape index (κ3) is 6.02. The number of hydrogen-bond donors (Lipinski definition) is 0. The third-order valence-corrected chi connectivity index (χ3v) is 7.36. The lowest BCUT2D eigenvalue weighted by molar-refractivity contribution is -0.133. The summed E-state index contributed by atoms with van der Waals surface area (Å²) in [6, 6.07) is 13.2. The molecule has 2 aliphatic rings. The maximum absolute atomic E-state index is 12.8. The van der Waals surface area contributed by atoms with E-state index in [-0.39, 0.29) is 0 Å². The van der Waals surface area contributed by atoms with Gasteiger partial charge >= 0.3 is 0 Å². The number of likely N-dealkylation sites (tertiary alicyclic amines) is 2. The van der Waals surface area contributed by atoms with E-state index in [1.54, 1.807) is 0 Å². The molecule has 0 unspecified atom stereocenters. The molecule has 2 fully saturated rings. The Morgan fingerprint density at radius 1 is 1.12 bits per heavy atom. The molecule has 0 N–H and O–H groups in total. The first-order valence-electron chi connectivity index (χ1n) is 12.3. The van der Waals surface area contributed by atoms with Crippen LogP contribution in [0.3, 0.4) is 0 Å². The van der Waals surface area contributed by atoms with Gasteiger partial charge < -0.3 is 14.2 Å². The van der Waals surface area contributed by atoms with Crippen LogP contribution in [0.2, 0.25) is 0 Å². The average Bonchev–Trinajstić information content (AvgIpc) is 3.24. The van der Waals surface area contributed by atoms with Gasteiger partial charge in [0.15, 0.2) is 0 Å². The van der Waals surface area contributed by atoms with Crippen molar-refractivity contribution in [3.05, 3.63) is 47.7 Å². The van der Waals surface area contributed by atoms with E-state index in [1.165, 1.54) is 18.4 Å². The summed E-state index contributed by atoms with van der Waals surface area (Å²) in [7, 11) is 4.18. The van der Waals surface area contributed by atoms with Gasteiger partial charge in [-0.15, -0.1) is 0 Å². The molecule has 0 radical (unpaired) electrons. The molecule has 2 aromatic rings.